The van der Waals surface area contributed by atoms with Crippen LogP contribution in [-0.2, 0) is 19.6 Å². The molecule has 32 heavy (non-hydrogen) atoms. The topological polar surface area (TPSA) is 92.8 Å². The summed E-state index contributed by atoms with van der Waals surface area (Å²) < 4.78 is 32.6. The van der Waals surface area contributed by atoms with E-state index in [1.165, 1.54) is 28.6 Å². The van der Waals surface area contributed by atoms with Gasteiger partial charge in [-0.25, -0.2) is 8.42 Å². The van der Waals surface area contributed by atoms with Crippen molar-refractivity contribution in [2.45, 2.75) is 56.5 Å². The van der Waals surface area contributed by atoms with Gasteiger partial charge in [0.2, 0.25) is 10.0 Å². The van der Waals surface area contributed by atoms with Crippen LogP contribution in [0, 0.1) is 0 Å². The SMILES string of the molecule is CCOC(=O)CC(NC(=O)c1ccc(S(=O)(=O)N2CCCCC2C)cc1)c1ccccc1. The van der Waals surface area contributed by atoms with E-state index in [2.05, 4.69) is 5.32 Å². The molecular formula is C24H30N2O5S. The lowest BCUT2D eigenvalue weighted by Crippen LogP contribution is -2.41. The zero-order valence-corrected chi connectivity index (χ0v) is 19.3. The fraction of sp³-hybridized carbons (Fsp3) is 0.417. The average Bonchev–Trinajstić information content (AvgIpc) is 2.79. The Morgan fingerprint density at radius 3 is 2.41 bits per heavy atom. The molecular weight excluding hydrogens is 428 g/mol. The van der Waals surface area contributed by atoms with Crippen LogP contribution in [0.2, 0.25) is 0 Å². The lowest BCUT2D eigenvalue weighted by molar-refractivity contribution is -0.143. The number of piperidine rings is 1. The third-order valence-electron chi connectivity index (χ3n) is 5.65. The Balaban J connectivity index is 1.75. The van der Waals surface area contributed by atoms with Crippen LogP contribution in [0.4, 0.5) is 0 Å². The summed E-state index contributed by atoms with van der Waals surface area (Å²) in [7, 11) is -3.60. The van der Waals surface area contributed by atoms with Gasteiger partial charge in [0.15, 0.2) is 0 Å². The van der Waals surface area contributed by atoms with E-state index in [4.69, 9.17) is 4.74 Å². The maximum Gasteiger partial charge on any atom is 0.308 e. The number of sulfonamides is 1. The molecule has 1 heterocycles. The summed E-state index contributed by atoms with van der Waals surface area (Å²) in [4.78, 5) is 25.1. The van der Waals surface area contributed by atoms with Gasteiger partial charge in [-0.05, 0) is 56.5 Å². The van der Waals surface area contributed by atoms with Crippen molar-refractivity contribution in [2.24, 2.45) is 0 Å². The van der Waals surface area contributed by atoms with E-state index in [0.717, 1.165) is 24.8 Å². The van der Waals surface area contributed by atoms with Crippen molar-refractivity contribution in [3.63, 3.8) is 0 Å². The number of hydrogen-bond donors (Lipinski definition) is 1. The number of nitrogens with one attached hydrogen (secondary N) is 1. The minimum Gasteiger partial charge on any atom is -0.466 e. The number of hydrogen-bond acceptors (Lipinski definition) is 5. The fourth-order valence-electron chi connectivity index (χ4n) is 3.91. The average molecular weight is 459 g/mol. The second-order valence-electron chi connectivity index (χ2n) is 7.93. The second kappa shape index (κ2) is 10.7. The molecule has 0 radical (unpaired) electrons. The molecule has 0 saturated carbocycles. The van der Waals surface area contributed by atoms with E-state index >= 15 is 0 Å². The van der Waals surface area contributed by atoms with Crippen LogP contribution in [0.15, 0.2) is 59.5 Å². The highest BCUT2D eigenvalue weighted by molar-refractivity contribution is 7.89. The molecule has 3 rings (SSSR count). The Kier molecular flexibility index (Phi) is 8.04. The fourth-order valence-corrected chi connectivity index (χ4v) is 5.61. The Bertz CT molecular complexity index is 1020. The van der Waals surface area contributed by atoms with Crippen LogP contribution in [0.25, 0.3) is 0 Å². The molecule has 1 N–H and O–H groups in total. The summed E-state index contributed by atoms with van der Waals surface area (Å²) in [5, 5.41) is 2.87. The third-order valence-corrected chi connectivity index (χ3v) is 7.68. The molecule has 0 spiro atoms. The summed E-state index contributed by atoms with van der Waals surface area (Å²) in [6, 6.07) is 14.5. The standard InChI is InChI=1S/C24H30N2O5S/c1-3-31-23(27)17-22(19-10-5-4-6-11-19)25-24(28)20-12-14-21(15-13-20)32(29,30)26-16-8-7-9-18(26)2/h4-6,10-15,18,22H,3,7-9,16-17H2,1-2H3,(H,25,28). The van der Waals surface area contributed by atoms with Crippen LogP contribution >= 0.6 is 0 Å². The molecule has 2 unspecified atom stereocenters. The molecule has 7 nitrogen and oxygen atoms in total. The van der Waals surface area contributed by atoms with Crippen molar-refractivity contribution in [1.29, 1.82) is 0 Å². The van der Waals surface area contributed by atoms with Crippen LogP contribution in [0.1, 0.15) is 61.5 Å². The molecule has 2 aromatic rings. The van der Waals surface area contributed by atoms with E-state index in [1.807, 2.05) is 37.3 Å². The van der Waals surface area contributed by atoms with Crippen LogP contribution in [-0.4, -0.2) is 43.8 Å². The van der Waals surface area contributed by atoms with Gasteiger partial charge in [0.1, 0.15) is 0 Å². The first-order chi connectivity index (χ1) is 15.3. The van der Waals surface area contributed by atoms with Crippen molar-refractivity contribution >= 4 is 21.9 Å². The number of esters is 1. The molecule has 0 aliphatic carbocycles. The number of carbonyl (C=O) groups is 2. The Hall–Kier alpha value is -2.71. The van der Waals surface area contributed by atoms with Crippen molar-refractivity contribution < 1.29 is 22.7 Å². The quantitative estimate of drug-likeness (QED) is 0.609. The minimum absolute atomic E-state index is 0.00288. The number of rotatable bonds is 8. The maximum atomic E-state index is 13.0. The van der Waals surface area contributed by atoms with E-state index in [1.54, 1.807) is 6.92 Å². The Morgan fingerprint density at radius 2 is 1.78 bits per heavy atom. The summed E-state index contributed by atoms with van der Waals surface area (Å²) in [6.45, 7) is 4.43. The number of nitrogens with zero attached hydrogens (tertiary/aromatic N) is 1. The van der Waals surface area contributed by atoms with Crippen LogP contribution in [0.3, 0.4) is 0 Å². The Morgan fingerprint density at radius 1 is 1.09 bits per heavy atom. The van der Waals surface area contributed by atoms with Crippen molar-refractivity contribution in [1.82, 2.24) is 9.62 Å². The zero-order valence-electron chi connectivity index (χ0n) is 18.5. The lowest BCUT2D eigenvalue weighted by atomic mass is 10.0. The molecule has 172 valence electrons. The van der Waals surface area contributed by atoms with Crippen molar-refractivity contribution in [3.8, 4) is 0 Å². The van der Waals surface area contributed by atoms with Gasteiger partial charge in [-0.2, -0.15) is 4.31 Å². The molecule has 2 atom stereocenters. The van der Waals surface area contributed by atoms with Gasteiger partial charge < -0.3 is 10.1 Å². The predicted octanol–water partition coefficient (Wildman–Crippen LogP) is 3.67. The molecule has 2 aromatic carbocycles. The molecule has 0 bridgehead atoms. The summed E-state index contributed by atoms with van der Waals surface area (Å²) in [5.41, 5.74) is 1.10. The van der Waals surface area contributed by atoms with Crippen LogP contribution < -0.4 is 5.32 Å². The smallest absolute Gasteiger partial charge is 0.308 e. The van der Waals surface area contributed by atoms with Gasteiger partial charge in [0.25, 0.3) is 5.91 Å². The van der Waals surface area contributed by atoms with Gasteiger partial charge in [0.05, 0.1) is 24.0 Å². The molecule has 1 aliphatic heterocycles. The minimum atomic E-state index is -3.60. The lowest BCUT2D eigenvalue weighted by Gasteiger charge is -2.32. The zero-order chi connectivity index (χ0) is 23.1. The first kappa shape index (κ1) is 23.9. The normalized spacial score (nSPS) is 18.0. The Labute approximate surface area is 189 Å². The van der Waals surface area contributed by atoms with E-state index in [0.29, 0.717) is 12.1 Å². The van der Waals surface area contributed by atoms with E-state index in [-0.39, 0.29) is 24.0 Å². The summed E-state index contributed by atoms with van der Waals surface area (Å²) in [6.07, 6.45) is 2.73. The first-order valence-electron chi connectivity index (χ1n) is 11.0. The second-order valence-corrected chi connectivity index (χ2v) is 9.82. The molecule has 1 fully saturated rings. The van der Waals surface area contributed by atoms with E-state index < -0.39 is 27.9 Å². The maximum absolute atomic E-state index is 13.0. The van der Waals surface area contributed by atoms with Gasteiger partial charge in [-0.1, -0.05) is 36.8 Å². The summed E-state index contributed by atoms with van der Waals surface area (Å²) >= 11 is 0. The first-order valence-corrected chi connectivity index (χ1v) is 12.4. The highest BCUT2D eigenvalue weighted by atomic mass is 32.2. The number of carbonyl (C=O) groups excluding carboxylic acids is 2. The predicted molar refractivity (Wildman–Crippen MR) is 122 cm³/mol. The number of benzene rings is 2. The van der Waals surface area contributed by atoms with Gasteiger partial charge >= 0.3 is 5.97 Å². The van der Waals surface area contributed by atoms with Gasteiger partial charge in [-0.3, -0.25) is 9.59 Å². The number of ether oxygens (including phenoxy) is 1. The van der Waals surface area contributed by atoms with Gasteiger partial charge in [0, 0.05) is 18.2 Å². The molecule has 0 aromatic heterocycles. The van der Waals surface area contributed by atoms with Crippen molar-refractivity contribution in [3.05, 3.63) is 65.7 Å². The van der Waals surface area contributed by atoms with Gasteiger partial charge in [-0.15, -0.1) is 0 Å². The largest absolute Gasteiger partial charge is 0.466 e. The molecule has 1 amide bonds. The molecule has 1 aliphatic rings. The van der Waals surface area contributed by atoms with Crippen molar-refractivity contribution in [2.75, 3.05) is 13.2 Å². The summed E-state index contributed by atoms with van der Waals surface area (Å²) in [5.74, 6) is -0.794. The van der Waals surface area contributed by atoms with E-state index in [9.17, 15) is 18.0 Å². The number of amides is 1. The molecule has 8 heteroatoms. The highest BCUT2D eigenvalue weighted by Gasteiger charge is 2.31. The highest BCUT2D eigenvalue weighted by Crippen LogP contribution is 2.25. The monoisotopic (exact) mass is 458 g/mol. The molecule has 1 saturated heterocycles. The third kappa shape index (κ3) is 5.75. The van der Waals surface area contributed by atoms with Crippen LogP contribution in [0.5, 0.6) is 0 Å².